The number of halogens is 1. The largest absolute Gasteiger partial charge is 0.305 e. The Kier molecular flexibility index (Phi) is 9.05. The van der Waals surface area contributed by atoms with Gasteiger partial charge in [0, 0.05) is 42.2 Å². The Hall–Kier alpha value is -4.58. The molecule has 0 aliphatic rings. The number of nitrogens with zero attached hydrogens (tertiary/aromatic N) is 2. The van der Waals surface area contributed by atoms with Gasteiger partial charge in [0.2, 0.25) is 0 Å². The molecule has 1 radical (unpaired) electrons. The average Bonchev–Trinajstić information content (AvgIpc) is 3.58. The zero-order valence-electron chi connectivity index (χ0n) is 34.1. The molecule has 0 saturated carbocycles. The predicted molar refractivity (Wildman–Crippen MR) is 224 cm³/mol. The van der Waals surface area contributed by atoms with Crippen LogP contribution in [0.2, 0.25) is 19.6 Å². The Morgan fingerprint density at radius 3 is 2.26 bits per heavy atom. The van der Waals surface area contributed by atoms with Crippen LogP contribution in [0.5, 0.6) is 0 Å². The first-order chi connectivity index (χ1) is 26.6. The second-order valence-electron chi connectivity index (χ2n) is 14.1. The number of pyridine rings is 2. The molecular weight excluding hydrogens is 864 g/mol. The molecule has 265 valence electrons. The van der Waals surface area contributed by atoms with E-state index in [4.69, 9.17) is 5.48 Å². The van der Waals surface area contributed by atoms with Gasteiger partial charge in [-0.1, -0.05) is 134 Å². The molecule has 9 aromatic rings. The zero-order valence-corrected chi connectivity index (χ0v) is 34.3. The molecule has 0 aliphatic carbocycles. The van der Waals surface area contributed by atoms with Gasteiger partial charge < -0.3 is 4.98 Å². The van der Waals surface area contributed by atoms with Crippen LogP contribution in [0.15, 0.2) is 122 Å². The van der Waals surface area contributed by atoms with Crippen molar-refractivity contribution in [1.82, 2.24) is 9.97 Å². The fraction of sp³-hybridized carbons (Fsp3) is 0.149. The Morgan fingerprint density at radius 1 is 0.755 bits per heavy atom. The minimum atomic E-state index is -2.56. The fourth-order valence-corrected chi connectivity index (χ4v) is 9.19. The molecule has 0 amide bonds. The van der Waals surface area contributed by atoms with E-state index >= 15 is 0 Å². The normalized spacial score (nSPS) is 13.2. The van der Waals surface area contributed by atoms with Gasteiger partial charge in [-0.05, 0) is 61.4 Å². The molecule has 3 aromatic heterocycles. The number of aryl methyl sites for hydroxylation is 2. The number of rotatable bonds is 5. The van der Waals surface area contributed by atoms with Crippen LogP contribution in [-0.2, 0) is 26.5 Å². The summed E-state index contributed by atoms with van der Waals surface area (Å²) in [6.07, 6.45) is -1.85. The number of hydrogen-bond acceptors (Lipinski definition) is 3. The standard InChI is InChI=1S/C33H23FNS.C14H16NSi.Ir/c1-3-6-22-17-30(35-18-29(22)34)28-16-20-7-4-5-8-24(20)31-27-14-13-25-23-11-9-19(2)15-21(23)10-12-26(25)32(27)36-33(28)31;1-16(2,3)13-9-10-14(15-11-13)12-7-5-4-6-8-12;/h4-5,7-15,17-18H,3,6H2,1-2H3;4-7,9-11H,1-3H3;/q2*-1;/i3D2,6D2;;. The molecule has 0 N–H and O–H groups in total. The number of benzene rings is 6. The maximum atomic E-state index is 14.9. The van der Waals surface area contributed by atoms with Gasteiger partial charge in [0.1, 0.15) is 5.82 Å². The summed E-state index contributed by atoms with van der Waals surface area (Å²) in [6.45, 7) is 10.2. The van der Waals surface area contributed by atoms with Crippen molar-refractivity contribution in [2.45, 2.75) is 46.2 Å². The fourth-order valence-electron chi connectivity index (χ4n) is 6.80. The van der Waals surface area contributed by atoms with E-state index in [0.717, 1.165) is 60.7 Å². The molecule has 0 unspecified atom stereocenters. The number of hydrogen-bond donors (Lipinski definition) is 0. The van der Waals surface area contributed by atoms with Crippen molar-refractivity contribution in [2.75, 3.05) is 0 Å². The maximum absolute atomic E-state index is 14.9. The molecular formula is C47H39FIrN2SSi-2. The summed E-state index contributed by atoms with van der Waals surface area (Å²) in [7, 11) is -1.23. The van der Waals surface area contributed by atoms with Crippen LogP contribution in [0.1, 0.15) is 29.9 Å². The summed E-state index contributed by atoms with van der Waals surface area (Å²) in [6, 6.07) is 43.4. The predicted octanol–water partition coefficient (Wildman–Crippen LogP) is 12.9. The van der Waals surface area contributed by atoms with Crippen molar-refractivity contribution in [1.29, 1.82) is 0 Å². The van der Waals surface area contributed by atoms with Gasteiger partial charge in [-0.3, -0.25) is 4.98 Å². The van der Waals surface area contributed by atoms with E-state index < -0.39 is 26.6 Å². The summed E-state index contributed by atoms with van der Waals surface area (Å²) in [5.74, 6) is -0.874. The Morgan fingerprint density at radius 2 is 1.51 bits per heavy atom. The minimum absolute atomic E-state index is 0. The molecule has 0 saturated heterocycles. The maximum Gasteiger partial charge on any atom is 0.143 e. The number of aromatic nitrogens is 2. The molecule has 9 rings (SSSR count). The summed E-state index contributed by atoms with van der Waals surface area (Å²) < 4.78 is 49.7. The summed E-state index contributed by atoms with van der Waals surface area (Å²) in [5, 5.41) is 10.2. The van der Waals surface area contributed by atoms with Crippen LogP contribution in [-0.4, -0.2) is 18.0 Å². The average molecular weight is 907 g/mol. The van der Waals surface area contributed by atoms with Gasteiger partial charge in [-0.2, -0.15) is 11.3 Å². The molecule has 2 nitrogen and oxygen atoms in total. The smallest absolute Gasteiger partial charge is 0.143 e. The quantitative estimate of drug-likeness (QED) is 0.0977. The Balaban J connectivity index is 0.000000246. The molecule has 53 heavy (non-hydrogen) atoms. The van der Waals surface area contributed by atoms with Crippen LogP contribution in [0, 0.1) is 24.9 Å². The van der Waals surface area contributed by atoms with Crippen molar-refractivity contribution in [3.8, 4) is 22.5 Å². The molecule has 3 heterocycles. The van der Waals surface area contributed by atoms with E-state index in [1.165, 1.54) is 33.0 Å². The second kappa shape index (κ2) is 15.0. The number of fused-ring (bicyclic) bond motifs is 9. The van der Waals surface area contributed by atoms with E-state index in [9.17, 15) is 4.39 Å². The third-order valence-electron chi connectivity index (χ3n) is 9.49. The van der Waals surface area contributed by atoms with E-state index in [2.05, 4.69) is 109 Å². The summed E-state index contributed by atoms with van der Waals surface area (Å²) >= 11 is 1.63. The van der Waals surface area contributed by atoms with Gasteiger partial charge in [0.15, 0.2) is 0 Å². The first-order valence-corrected chi connectivity index (χ1v) is 21.7. The topological polar surface area (TPSA) is 25.8 Å². The van der Waals surface area contributed by atoms with Crippen molar-refractivity contribution in [3.05, 3.63) is 151 Å². The van der Waals surface area contributed by atoms with Crippen LogP contribution < -0.4 is 5.19 Å². The van der Waals surface area contributed by atoms with Gasteiger partial charge in [0.25, 0.3) is 0 Å². The third-order valence-corrected chi connectivity index (χ3v) is 12.8. The third kappa shape index (κ3) is 7.09. The Labute approximate surface area is 334 Å². The molecule has 0 bridgehead atoms. The summed E-state index contributed by atoms with van der Waals surface area (Å²) in [4.78, 5) is 8.87. The minimum Gasteiger partial charge on any atom is -0.305 e. The molecule has 6 aromatic carbocycles. The molecule has 0 aliphatic heterocycles. The molecule has 6 heteroatoms. The summed E-state index contributed by atoms with van der Waals surface area (Å²) in [5.41, 5.74) is 3.93. The van der Waals surface area contributed by atoms with Gasteiger partial charge in [0.05, 0.1) is 14.3 Å². The van der Waals surface area contributed by atoms with Crippen molar-refractivity contribution < 1.29 is 30.0 Å². The second-order valence-corrected chi connectivity index (χ2v) is 20.2. The van der Waals surface area contributed by atoms with Crippen LogP contribution in [0.4, 0.5) is 4.39 Å². The monoisotopic (exact) mass is 907 g/mol. The van der Waals surface area contributed by atoms with Crippen molar-refractivity contribution in [2.24, 2.45) is 0 Å². The van der Waals surface area contributed by atoms with Crippen LogP contribution >= 0.6 is 11.3 Å². The van der Waals surface area contributed by atoms with E-state index in [1.54, 1.807) is 11.3 Å². The zero-order chi connectivity index (χ0) is 39.6. The van der Waals surface area contributed by atoms with Crippen LogP contribution in [0.25, 0.3) is 75.0 Å². The van der Waals surface area contributed by atoms with Crippen LogP contribution in [0.3, 0.4) is 0 Å². The SMILES string of the molecule is C[Si](C)(C)c1ccc(-c2[c-]cccc2)nc1.[2H]C([2H])(C)C([2H])([2H])c1cc(-c2[c-]c3ccccc3c3c2sc2c4ccc5cc(C)ccc5c4ccc23)ncc1F.[Ir]. The molecule has 0 atom stereocenters. The van der Waals surface area contributed by atoms with Gasteiger partial charge in [-0.25, -0.2) is 4.39 Å². The first kappa shape index (κ1) is 31.9. The van der Waals surface area contributed by atoms with Gasteiger partial charge in [-0.15, -0.1) is 53.4 Å². The van der Waals surface area contributed by atoms with Crippen molar-refractivity contribution in [3.63, 3.8) is 0 Å². The Bertz CT molecular complexity index is 2940. The molecule has 0 fully saturated rings. The van der Waals surface area contributed by atoms with Crippen molar-refractivity contribution >= 4 is 77.1 Å². The first-order valence-electron chi connectivity index (χ1n) is 19.3. The van der Waals surface area contributed by atoms with Gasteiger partial charge >= 0.3 is 0 Å². The van der Waals surface area contributed by atoms with E-state index in [1.807, 2.05) is 48.7 Å². The van der Waals surface area contributed by atoms with E-state index in [0.29, 0.717) is 11.3 Å². The number of thiophene rings is 1. The molecule has 0 spiro atoms. The van der Waals surface area contributed by atoms with E-state index in [-0.39, 0.29) is 25.7 Å².